The van der Waals surface area contributed by atoms with Crippen molar-refractivity contribution in [1.29, 1.82) is 0 Å². The summed E-state index contributed by atoms with van der Waals surface area (Å²) in [5.41, 5.74) is 3.21. The average Bonchev–Trinajstić information content (AvgIpc) is 2.31. The van der Waals surface area contributed by atoms with Crippen LogP contribution in [-0.4, -0.2) is 6.71 Å². The van der Waals surface area contributed by atoms with Crippen LogP contribution in [0.4, 0.5) is 0 Å². The van der Waals surface area contributed by atoms with Gasteiger partial charge in [0.2, 0.25) is 0 Å². The predicted octanol–water partition coefficient (Wildman–Crippen LogP) is 3.38. The SMILES string of the molecule is CC.CCB1CCCc2ccccc21. The maximum atomic E-state index is 2.31. The predicted molar refractivity (Wildman–Crippen MR) is 66.8 cm³/mol. The first-order valence-electron chi connectivity index (χ1n) is 5.99. The fraction of sp³-hybridized carbons (Fsp3) is 0.538. The molecule has 1 aromatic carbocycles. The molecular formula is C13H21B. The second-order valence-corrected chi connectivity index (χ2v) is 3.70. The van der Waals surface area contributed by atoms with Crippen LogP contribution in [0.3, 0.4) is 0 Å². The van der Waals surface area contributed by atoms with Gasteiger partial charge in [-0.3, -0.25) is 0 Å². The van der Waals surface area contributed by atoms with Crippen LogP contribution in [0.2, 0.25) is 12.6 Å². The summed E-state index contributed by atoms with van der Waals surface area (Å²) in [5, 5.41) is 0. The molecule has 0 spiro atoms. The largest absolute Gasteiger partial charge is 0.175 e. The van der Waals surface area contributed by atoms with Gasteiger partial charge in [0.15, 0.2) is 6.71 Å². The molecule has 76 valence electrons. The van der Waals surface area contributed by atoms with Crippen LogP contribution < -0.4 is 5.46 Å². The summed E-state index contributed by atoms with van der Waals surface area (Å²) in [6, 6.07) is 8.93. The van der Waals surface area contributed by atoms with Crippen molar-refractivity contribution < 1.29 is 0 Å². The van der Waals surface area contributed by atoms with Gasteiger partial charge in [0.1, 0.15) is 0 Å². The highest BCUT2D eigenvalue weighted by atomic mass is 14.1. The van der Waals surface area contributed by atoms with Crippen LogP contribution >= 0.6 is 0 Å². The Morgan fingerprint density at radius 3 is 2.64 bits per heavy atom. The number of hydrogen-bond acceptors (Lipinski definition) is 0. The molecule has 1 aliphatic rings. The van der Waals surface area contributed by atoms with E-state index in [1.165, 1.54) is 25.5 Å². The van der Waals surface area contributed by atoms with Crippen LogP contribution in [0.5, 0.6) is 0 Å². The molecule has 0 radical (unpaired) electrons. The van der Waals surface area contributed by atoms with Crippen LogP contribution in [0.15, 0.2) is 24.3 Å². The molecule has 0 aliphatic carbocycles. The van der Waals surface area contributed by atoms with Gasteiger partial charge < -0.3 is 0 Å². The van der Waals surface area contributed by atoms with Gasteiger partial charge in [-0.05, 0) is 6.42 Å². The molecule has 0 saturated carbocycles. The molecule has 0 saturated heterocycles. The fourth-order valence-corrected chi connectivity index (χ4v) is 2.28. The summed E-state index contributed by atoms with van der Waals surface area (Å²) in [6.45, 7) is 7.14. The summed E-state index contributed by atoms with van der Waals surface area (Å²) >= 11 is 0. The zero-order valence-electron chi connectivity index (χ0n) is 9.72. The highest BCUT2D eigenvalue weighted by Gasteiger charge is 2.20. The van der Waals surface area contributed by atoms with E-state index in [0.29, 0.717) is 0 Å². The Hall–Kier alpha value is -0.715. The quantitative estimate of drug-likeness (QED) is 0.592. The van der Waals surface area contributed by atoms with Gasteiger partial charge >= 0.3 is 0 Å². The lowest BCUT2D eigenvalue weighted by atomic mass is 9.38. The summed E-state index contributed by atoms with van der Waals surface area (Å²) in [6.07, 6.45) is 5.38. The summed E-state index contributed by atoms with van der Waals surface area (Å²) in [7, 11) is 0. The molecule has 0 atom stereocenters. The van der Waals surface area contributed by atoms with Gasteiger partial charge in [0.05, 0.1) is 0 Å². The van der Waals surface area contributed by atoms with Crippen molar-refractivity contribution in [2.45, 2.75) is 46.3 Å². The first kappa shape index (κ1) is 11.4. The first-order chi connectivity index (χ1) is 6.92. The summed E-state index contributed by atoms with van der Waals surface area (Å²) in [5.74, 6) is 0. The lowest BCUT2D eigenvalue weighted by Gasteiger charge is -2.21. The Kier molecular flexibility index (Phi) is 4.79. The molecule has 1 aliphatic heterocycles. The third kappa shape index (κ3) is 2.40. The van der Waals surface area contributed by atoms with Crippen LogP contribution in [0.25, 0.3) is 0 Å². The smallest absolute Gasteiger partial charge is 0.0769 e. The van der Waals surface area contributed by atoms with E-state index in [-0.39, 0.29) is 0 Å². The minimum absolute atomic E-state index is 0.843. The molecular weight excluding hydrogens is 167 g/mol. The minimum Gasteiger partial charge on any atom is -0.0769 e. The van der Waals surface area contributed by atoms with Crippen molar-refractivity contribution in [3.8, 4) is 0 Å². The third-order valence-corrected chi connectivity index (χ3v) is 2.99. The van der Waals surface area contributed by atoms with E-state index in [2.05, 4.69) is 31.2 Å². The molecule has 0 bridgehead atoms. The van der Waals surface area contributed by atoms with E-state index in [1.54, 1.807) is 11.0 Å². The Labute approximate surface area is 88.8 Å². The standard InChI is InChI=1S/C11H15B.C2H6/c1-2-12-9-5-7-10-6-3-4-8-11(10)12;1-2/h3-4,6,8H,2,5,7,9H2,1H3;1-2H3. The van der Waals surface area contributed by atoms with Crippen molar-refractivity contribution in [3.05, 3.63) is 29.8 Å². The van der Waals surface area contributed by atoms with Gasteiger partial charge in [-0.25, -0.2) is 0 Å². The monoisotopic (exact) mass is 188 g/mol. The van der Waals surface area contributed by atoms with E-state index in [0.717, 1.165) is 6.71 Å². The number of rotatable bonds is 1. The Balaban J connectivity index is 0.000000461. The van der Waals surface area contributed by atoms with Crippen molar-refractivity contribution >= 4 is 12.2 Å². The highest BCUT2D eigenvalue weighted by Crippen LogP contribution is 2.15. The molecule has 1 aromatic rings. The van der Waals surface area contributed by atoms with Crippen molar-refractivity contribution in [2.24, 2.45) is 0 Å². The van der Waals surface area contributed by atoms with Crippen molar-refractivity contribution in [2.75, 3.05) is 0 Å². The number of hydrogen-bond donors (Lipinski definition) is 0. The van der Waals surface area contributed by atoms with E-state index in [9.17, 15) is 0 Å². The van der Waals surface area contributed by atoms with Gasteiger partial charge in [-0.1, -0.05) is 75.1 Å². The normalized spacial score (nSPS) is 14.1. The van der Waals surface area contributed by atoms with E-state index < -0.39 is 0 Å². The lowest BCUT2D eigenvalue weighted by Crippen LogP contribution is -2.35. The Morgan fingerprint density at radius 1 is 1.21 bits per heavy atom. The van der Waals surface area contributed by atoms with Crippen LogP contribution in [-0.2, 0) is 6.42 Å². The van der Waals surface area contributed by atoms with Gasteiger partial charge in [-0.2, -0.15) is 0 Å². The maximum Gasteiger partial charge on any atom is 0.175 e. The zero-order chi connectivity index (χ0) is 10.4. The summed E-state index contributed by atoms with van der Waals surface area (Å²) in [4.78, 5) is 0. The van der Waals surface area contributed by atoms with E-state index in [4.69, 9.17) is 0 Å². The van der Waals surface area contributed by atoms with Gasteiger partial charge in [-0.15, -0.1) is 0 Å². The molecule has 0 nitrogen and oxygen atoms in total. The first-order valence-corrected chi connectivity index (χ1v) is 5.99. The van der Waals surface area contributed by atoms with Crippen LogP contribution in [0, 0.1) is 0 Å². The summed E-state index contributed by atoms with van der Waals surface area (Å²) < 4.78 is 0. The number of aryl methyl sites for hydroxylation is 1. The van der Waals surface area contributed by atoms with Crippen LogP contribution in [0.1, 0.15) is 32.8 Å². The minimum atomic E-state index is 0.843. The second kappa shape index (κ2) is 5.90. The van der Waals surface area contributed by atoms with Crippen molar-refractivity contribution in [3.63, 3.8) is 0 Å². The van der Waals surface area contributed by atoms with Crippen molar-refractivity contribution in [1.82, 2.24) is 0 Å². The second-order valence-electron chi connectivity index (χ2n) is 3.70. The Bertz CT molecular complexity index is 268. The molecule has 0 unspecified atom stereocenters. The van der Waals surface area contributed by atoms with E-state index >= 15 is 0 Å². The molecule has 0 aromatic heterocycles. The molecule has 1 heteroatoms. The average molecular weight is 188 g/mol. The highest BCUT2D eigenvalue weighted by molar-refractivity contribution is 6.73. The molecule has 2 rings (SSSR count). The molecule has 0 fully saturated rings. The van der Waals surface area contributed by atoms with E-state index in [1.807, 2.05) is 13.8 Å². The van der Waals surface area contributed by atoms with Gasteiger partial charge in [0, 0.05) is 0 Å². The fourth-order valence-electron chi connectivity index (χ4n) is 2.28. The number of benzene rings is 1. The molecule has 0 amide bonds. The molecule has 1 heterocycles. The number of fused-ring (bicyclic) bond motifs is 1. The Morgan fingerprint density at radius 2 is 1.93 bits per heavy atom. The molecule has 0 N–H and O–H groups in total. The zero-order valence-corrected chi connectivity index (χ0v) is 9.72. The molecule has 14 heavy (non-hydrogen) atoms. The topological polar surface area (TPSA) is 0 Å². The third-order valence-electron chi connectivity index (χ3n) is 2.99. The van der Waals surface area contributed by atoms with Gasteiger partial charge in [0.25, 0.3) is 0 Å². The maximum absolute atomic E-state index is 2.31. The lowest BCUT2D eigenvalue weighted by molar-refractivity contribution is 0.894.